The van der Waals surface area contributed by atoms with Gasteiger partial charge in [0.15, 0.2) is 5.82 Å². The number of nitrogens with zero attached hydrogens (tertiary/aromatic N) is 6. The molecule has 0 radical (unpaired) electrons. The van der Waals surface area contributed by atoms with Gasteiger partial charge in [0, 0.05) is 36.3 Å². The zero-order chi connectivity index (χ0) is 31.1. The molecule has 11 nitrogen and oxygen atoms in total. The molecule has 236 valence electrons. The van der Waals surface area contributed by atoms with Gasteiger partial charge in [0.25, 0.3) is 15.9 Å². The van der Waals surface area contributed by atoms with E-state index >= 15 is 0 Å². The lowest BCUT2D eigenvalue weighted by Crippen LogP contribution is -2.43. The molecule has 2 bridgehead atoms. The van der Waals surface area contributed by atoms with E-state index in [1.54, 1.807) is 23.0 Å². The molecular formula is C29H34F3N7O4S. The molecule has 15 heteroatoms. The van der Waals surface area contributed by atoms with E-state index in [2.05, 4.69) is 33.7 Å². The van der Waals surface area contributed by atoms with Gasteiger partial charge in [-0.05, 0) is 64.5 Å². The molecule has 4 aliphatic rings. The zero-order valence-corrected chi connectivity index (χ0v) is 25.3. The van der Waals surface area contributed by atoms with Crippen LogP contribution >= 0.6 is 0 Å². The summed E-state index contributed by atoms with van der Waals surface area (Å²) >= 11 is 0. The number of hydrogen-bond donors (Lipinski definition) is 1. The molecule has 2 fully saturated rings. The number of aryl methyl sites for hydroxylation is 1. The van der Waals surface area contributed by atoms with Gasteiger partial charge in [0.05, 0.1) is 29.5 Å². The van der Waals surface area contributed by atoms with Crippen LogP contribution in [0.25, 0.3) is 5.82 Å². The minimum absolute atomic E-state index is 0.0466. The van der Waals surface area contributed by atoms with Crippen LogP contribution in [0.3, 0.4) is 0 Å². The Morgan fingerprint density at radius 3 is 2.64 bits per heavy atom. The summed E-state index contributed by atoms with van der Waals surface area (Å²) in [5, 5.41) is 8.84. The highest BCUT2D eigenvalue weighted by Gasteiger charge is 2.62. The quantitative estimate of drug-likeness (QED) is 0.436. The number of amides is 1. The maximum absolute atomic E-state index is 13.6. The first-order valence-electron chi connectivity index (χ1n) is 14.9. The fourth-order valence-electron chi connectivity index (χ4n) is 7.34. The maximum atomic E-state index is 13.6. The van der Waals surface area contributed by atoms with Crippen LogP contribution in [0.2, 0.25) is 0 Å². The van der Waals surface area contributed by atoms with Crippen LogP contribution in [0.1, 0.15) is 81.3 Å². The number of ether oxygens (including phenoxy) is 1. The summed E-state index contributed by atoms with van der Waals surface area (Å²) in [7, 11) is -4.23. The van der Waals surface area contributed by atoms with Gasteiger partial charge in [-0.25, -0.2) is 22.8 Å². The van der Waals surface area contributed by atoms with Crippen LogP contribution in [0.15, 0.2) is 35.5 Å². The average molecular weight is 634 g/mol. The molecule has 6 heterocycles. The molecular weight excluding hydrogens is 599 g/mol. The molecule has 1 N–H and O–H groups in total. The third-order valence-corrected chi connectivity index (χ3v) is 11.1. The first-order chi connectivity index (χ1) is 20.7. The van der Waals surface area contributed by atoms with Gasteiger partial charge < -0.3 is 9.64 Å². The predicted molar refractivity (Wildman–Crippen MR) is 152 cm³/mol. The summed E-state index contributed by atoms with van der Waals surface area (Å²) < 4.78 is 78.2. The van der Waals surface area contributed by atoms with E-state index in [1.807, 2.05) is 0 Å². The van der Waals surface area contributed by atoms with Crippen molar-refractivity contribution in [2.75, 3.05) is 18.1 Å². The van der Waals surface area contributed by atoms with E-state index in [-0.39, 0.29) is 42.2 Å². The first-order valence-corrected chi connectivity index (χ1v) is 16.4. The van der Waals surface area contributed by atoms with E-state index in [1.165, 1.54) is 16.9 Å². The molecule has 44 heavy (non-hydrogen) atoms. The molecule has 3 aliphatic heterocycles. The lowest BCUT2D eigenvalue weighted by molar-refractivity contribution is -0.190. The van der Waals surface area contributed by atoms with Crippen molar-refractivity contribution >= 4 is 21.7 Å². The topological polar surface area (TPSA) is 124 Å². The number of rotatable bonds is 5. The van der Waals surface area contributed by atoms with Crippen LogP contribution < -0.4 is 14.4 Å². The second-order valence-electron chi connectivity index (χ2n) is 13.2. The van der Waals surface area contributed by atoms with Crippen LogP contribution in [-0.2, 0) is 22.0 Å². The summed E-state index contributed by atoms with van der Waals surface area (Å²) in [4.78, 5) is 20.5. The molecule has 1 amide bonds. The van der Waals surface area contributed by atoms with Crippen molar-refractivity contribution in [3.05, 3.63) is 41.9 Å². The Kier molecular flexibility index (Phi) is 6.41. The number of carbonyl (C=O) groups excluding carboxylic acids is 1. The Morgan fingerprint density at radius 2 is 1.89 bits per heavy atom. The number of halogens is 3. The van der Waals surface area contributed by atoms with Crippen molar-refractivity contribution in [2.45, 2.75) is 93.8 Å². The standard InChI is InChI=1S/C29H34F3N7O4S/c1-26(2)17-27-9-4-3-5-13-39-23(27)20(16-33-39)44(41,42)36-25(40)19-6-7-21(34-24(19)37(26)18-27)38-14-8-22(35-38)43-15-12-28(10-11-28)29(30,31)32/h6-8,14,16H,3-5,9-13,15,17-18H2,1-2H3,(H,36,40). The average Bonchev–Trinajstić information content (AvgIpc) is 3.27. The van der Waals surface area contributed by atoms with Crippen LogP contribution in [-0.4, -0.2) is 63.7 Å². The van der Waals surface area contributed by atoms with Gasteiger partial charge in [-0.15, -0.1) is 5.10 Å². The number of pyridine rings is 1. The highest BCUT2D eigenvalue weighted by Crippen LogP contribution is 2.60. The number of alkyl halides is 3. The lowest BCUT2D eigenvalue weighted by Gasteiger charge is -2.34. The molecule has 1 aliphatic carbocycles. The summed E-state index contributed by atoms with van der Waals surface area (Å²) in [6.45, 7) is 5.05. The minimum Gasteiger partial charge on any atom is -0.477 e. The summed E-state index contributed by atoms with van der Waals surface area (Å²) in [5.74, 6) is 0.0282. The number of nitrogens with one attached hydrogen (secondary N) is 1. The molecule has 1 unspecified atom stereocenters. The Labute approximate surface area is 252 Å². The van der Waals surface area contributed by atoms with Crippen molar-refractivity contribution in [3.63, 3.8) is 0 Å². The smallest absolute Gasteiger partial charge is 0.394 e. The van der Waals surface area contributed by atoms with Crippen molar-refractivity contribution in [3.8, 4) is 11.7 Å². The third-order valence-electron chi connectivity index (χ3n) is 9.76. The number of aromatic nitrogens is 5. The molecule has 1 saturated carbocycles. The van der Waals surface area contributed by atoms with Crippen LogP contribution in [0.5, 0.6) is 5.88 Å². The molecule has 3 aromatic heterocycles. The monoisotopic (exact) mass is 633 g/mol. The Morgan fingerprint density at radius 1 is 1.09 bits per heavy atom. The Hall–Kier alpha value is -3.62. The van der Waals surface area contributed by atoms with Crippen LogP contribution in [0, 0.1) is 5.41 Å². The van der Waals surface area contributed by atoms with E-state index in [9.17, 15) is 26.4 Å². The van der Waals surface area contributed by atoms with E-state index in [0.29, 0.717) is 36.8 Å². The van der Waals surface area contributed by atoms with Crippen molar-refractivity contribution < 1.29 is 31.1 Å². The molecule has 1 saturated heterocycles. The predicted octanol–water partition coefficient (Wildman–Crippen LogP) is 4.51. The molecule has 7 rings (SSSR count). The van der Waals surface area contributed by atoms with E-state index in [4.69, 9.17) is 9.72 Å². The number of anilines is 1. The van der Waals surface area contributed by atoms with Gasteiger partial charge in [-0.3, -0.25) is 9.48 Å². The zero-order valence-electron chi connectivity index (χ0n) is 24.5. The summed E-state index contributed by atoms with van der Waals surface area (Å²) in [5.41, 5.74) is -1.96. The molecule has 0 aromatic carbocycles. The molecule has 3 aromatic rings. The van der Waals surface area contributed by atoms with Gasteiger partial charge in [-0.1, -0.05) is 12.8 Å². The number of carbonyl (C=O) groups is 1. The van der Waals surface area contributed by atoms with Gasteiger partial charge >= 0.3 is 6.18 Å². The highest BCUT2D eigenvalue weighted by atomic mass is 32.2. The SMILES string of the molecule is CC1(C)CC23CCCCCn4ncc(c42)S(=O)(=O)NC(=O)c2ccc(-n4ccc(OCCC5(C(F)(F)F)CC5)n4)nc2N1C3. The number of sulfonamides is 1. The maximum Gasteiger partial charge on any atom is 0.394 e. The fraction of sp³-hybridized carbons (Fsp3) is 0.586. The van der Waals surface area contributed by atoms with Gasteiger partial charge in [0.2, 0.25) is 5.88 Å². The second-order valence-corrected chi connectivity index (χ2v) is 14.8. The van der Waals surface area contributed by atoms with Crippen molar-refractivity contribution in [1.82, 2.24) is 29.3 Å². The minimum atomic E-state index is -4.25. The van der Waals surface area contributed by atoms with Crippen molar-refractivity contribution in [1.29, 1.82) is 0 Å². The van der Waals surface area contributed by atoms with Gasteiger partial charge in [0.1, 0.15) is 10.7 Å². The Balaban J connectivity index is 1.25. The largest absolute Gasteiger partial charge is 0.477 e. The molecule has 1 spiro atoms. The molecule has 1 atom stereocenters. The van der Waals surface area contributed by atoms with Crippen LogP contribution in [0.4, 0.5) is 19.0 Å². The normalized spacial score (nSPS) is 24.8. The Bertz CT molecular complexity index is 1740. The van der Waals surface area contributed by atoms with E-state index in [0.717, 1.165) is 25.7 Å². The number of hydrogen-bond acceptors (Lipinski definition) is 8. The summed E-state index contributed by atoms with van der Waals surface area (Å²) in [6.07, 6.45) is 3.00. The first kappa shape index (κ1) is 29.1. The van der Waals surface area contributed by atoms with Gasteiger partial charge in [-0.2, -0.15) is 18.3 Å². The van der Waals surface area contributed by atoms with Crippen molar-refractivity contribution in [2.24, 2.45) is 5.41 Å². The fourth-order valence-corrected chi connectivity index (χ4v) is 8.57. The number of fused-ring (bicyclic) bond motifs is 3. The highest BCUT2D eigenvalue weighted by molar-refractivity contribution is 7.90. The van der Waals surface area contributed by atoms with E-state index < -0.39 is 38.5 Å². The lowest BCUT2D eigenvalue weighted by atomic mass is 9.74. The third kappa shape index (κ3) is 4.65. The second kappa shape index (κ2) is 9.69. The summed E-state index contributed by atoms with van der Waals surface area (Å²) in [6, 6.07) is 4.62.